The number of rotatable bonds is 2. The van der Waals surface area contributed by atoms with E-state index in [9.17, 15) is 4.79 Å². The molecule has 0 saturated heterocycles. The Morgan fingerprint density at radius 1 is 1.12 bits per heavy atom. The Kier molecular flexibility index (Phi) is 3.67. The standard InChI is InChI=1S/C21H20BrN3O/c1-13-9-17-19(18(22)10-13)23-21(25(20(17)26)16-7-4-8-16)24-11-14-5-2-3-6-15(14)12-24/h2-3,5-6,9-10,16H,4,7-8,11-12H2,1H3. The molecular weight excluding hydrogens is 390 g/mol. The lowest BCUT2D eigenvalue weighted by atomic mass is 9.92. The smallest absolute Gasteiger partial charge is 0.263 e. The highest BCUT2D eigenvalue weighted by Gasteiger charge is 2.30. The Bertz CT molecular complexity index is 1060. The first-order valence-electron chi connectivity index (χ1n) is 9.16. The second-order valence-electron chi connectivity index (χ2n) is 7.44. The van der Waals surface area contributed by atoms with Gasteiger partial charge in [-0.2, -0.15) is 0 Å². The molecule has 5 heteroatoms. The van der Waals surface area contributed by atoms with E-state index >= 15 is 0 Å². The molecule has 0 spiro atoms. The minimum absolute atomic E-state index is 0.0926. The van der Waals surface area contributed by atoms with E-state index in [2.05, 4.69) is 45.1 Å². The molecule has 1 fully saturated rings. The summed E-state index contributed by atoms with van der Waals surface area (Å²) < 4.78 is 2.85. The van der Waals surface area contributed by atoms with Gasteiger partial charge in [-0.05, 0) is 70.9 Å². The molecule has 1 saturated carbocycles. The van der Waals surface area contributed by atoms with Crippen molar-refractivity contribution in [2.45, 2.75) is 45.3 Å². The quantitative estimate of drug-likeness (QED) is 0.614. The summed E-state index contributed by atoms with van der Waals surface area (Å²) >= 11 is 3.62. The molecule has 26 heavy (non-hydrogen) atoms. The Labute approximate surface area is 160 Å². The van der Waals surface area contributed by atoms with Gasteiger partial charge in [-0.1, -0.05) is 24.3 Å². The van der Waals surface area contributed by atoms with E-state index in [1.54, 1.807) is 0 Å². The molecule has 0 unspecified atom stereocenters. The van der Waals surface area contributed by atoms with Crippen molar-refractivity contribution in [2.75, 3.05) is 4.90 Å². The SMILES string of the molecule is Cc1cc(Br)c2nc(N3Cc4ccccc4C3)n(C3CCC3)c(=O)c2c1. The van der Waals surface area contributed by atoms with Gasteiger partial charge in [0.1, 0.15) is 0 Å². The van der Waals surface area contributed by atoms with Gasteiger partial charge in [0.2, 0.25) is 5.95 Å². The van der Waals surface area contributed by atoms with E-state index in [-0.39, 0.29) is 11.6 Å². The van der Waals surface area contributed by atoms with E-state index in [4.69, 9.17) is 4.98 Å². The fourth-order valence-electron chi connectivity index (χ4n) is 4.06. The van der Waals surface area contributed by atoms with Crippen LogP contribution in [0.15, 0.2) is 45.7 Å². The fraction of sp³-hybridized carbons (Fsp3) is 0.333. The van der Waals surface area contributed by atoms with Crippen LogP contribution in [0.5, 0.6) is 0 Å². The Balaban J connectivity index is 1.73. The number of benzene rings is 2. The molecule has 2 aliphatic rings. The zero-order chi connectivity index (χ0) is 17.8. The van der Waals surface area contributed by atoms with Gasteiger partial charge in [0.05, 0.1) is 10.9 Å². The zero-order valence-corrected chi connectivity index (χ0v) is 16.3. The maximum atomic E-state index is 13.4. The van der Waals surface area contributed by atoms with E-state index in [1.165, 1.54) is 17.5 Å². The van der Waals surface area contributed by atoms with E-state index in [1.807, 2.05) is 23.6 Å². The Morgan fingerprint density at radius 2 is 1.81 bits per heavy atom. The van der Waals surface area contributed by atoms with E-state index in [0.29, 0.717) is 5.39 Å². The average molecular weight is 410 g/mol. The fourth-order valence-corrected chi connectivity index (χ4v) is 4.72. The van der Waals surface area contributed by atoms with Gasteiger partial charge < -0.3 is 4.90 Å². The molecule has 0 bridgehead atoms. The normalized spacial score (nSPS) is 16.8. The molecule has 5 rings (SSSR count). The number of hydrogen-bond donors (Lipinski definition) is 0. The lowest BCUT2D eigenvalue weighted by Crippen LogP contribution is -2.35. The van der Waals surface area contributed by atoms with E-state index < -0.39 is 0 Å². The molecular formula is C21H20BrN3O. The van der Waals surface area contributed by atoms with Gasteiger partial charge in [-0.3, -0.25) is 9.36 Å². The predicted molar refractivity (Wildman–Crippen MR) is 108 cm³/mol. The maximum absolute atomic E-state index is 13.4. The molecule has 1 aliphatic heterocycles. The molecule has 4 nitrogen and oxygen atoms in total. The molecule has 2 aromatic carbocycles. The van der Waals surface area contributed by atoms with Gasteiger partial charge in [0, 0.05) is 23.6 Å². The molecule has 0 radical (unpaired) electrons. The summed E-state index contributed by atoms with van der Waals surface area (Å²) in [6.07, 6.45) is 3.31. The lowest BCUT2D eigenvalue weighted by molar-refractivity contribution is 0.305. The third-order valence-corrected chi connectivity index (χ3v) is 6.25. The van der Waals surface area contributed by atoms with Crippen LogP contribution in [0.1, 0.15) is 42.0 Å². The number of halogens is 1. The Hall–Kier alpha value is -2.14. The van der Waals surface area contributed by atoms with Crippen LogP contribution in [0.25, 0.3) is 10.9 Å². The number of aromatic nitrogens is 2. The monoisotopic (exact) mass is 409 g/mol. The number of hydrogen-bond acceptors (Lipinski definition) is 3. The molecule has 0 N–H and O–H groups in total. The van der Waals surface area contributed by atoms with Crippen molar-refractivity contribution in [3.05, 3.63) is 67.9 Å². The summed E-state index contributed by atoms with van der Waals surface area (Å²) in [6.45, 7) is 3.64. The second kappa shape index (κ2) is 5.95. The van der Waals surface area contributed by atoms with Crippen LogP contribution in [0.2, 0.25) is 0 Å². The van der Waals surface area contributed by atoms with Gasteiger partial charge in [0.15, 0.2) is 0 Å². The minimum Gasteiger partial charge on any atom is -0.333 e. The second-order valence-corrected chi connectivity index (χ2v) is 8.29. The molecule has 0 atom stereocenters. The number of nitrogens with zero attached hydrogens (tertiary/aromatic N) is 3. The van der Waals surface area contributed by atoms with Crippen LogP contribution in [-0.2, 0) is 13.1 Å². The predicted octanol–water partition coefficient (Wildman–Crippen LogP) is 4.71. The first kappa shape index (κ1) is 16.1. The summed E-state index contributed by atoms with van der Waals surface area (Å²) in [4.78, 5) is 20.6. The summed E-state index contributed by atoms with van der Waals surface area (Å²) in [5, 5.41) is 0.712. The number of fused-ring (bicyclic) bond motifs is 2. The highest BCUT2D eigenvalue weighted by Crippen LogP contribution is 2.36. The molecule has 0 amide bonds. The first-order valence-corrected chi connectivity index (χ1v) is 9.95. The lowest BCUT2D eigenvalue weighted by Gasteiger charge is -2.32. The summed E-state index contributed by atoms with van der Waals surface area (Å²) in [7, 11) is 0. The topological polar surface area (TPSA) is 38.1 Å². The molecule has 132 valence electrons. The molecule has 1 aliphatic carbocycles. The van der Waals surface area contributed by atoms with Crippen LogP contribution in [0, 0.1) is 6.92 Å². The van der Waals surface area contributed by atoms with Crippen LogP contribution < -0.4 is 10.5 Å². The van der Waals surface area contributed by atoms with E-state index in [0.717, 1.165) is 47.4 Å². The summed E-state index contributed by atoms with van der Waals surface area (Å²) in [6, 6.07) is 12.8. The highest BCUT2D eigenvalue weighted by molar-refractivity contribution is 9.10. The van der Waals surface area contributed by atoms with Crippen molar-refractivity contribution in [3.8, 4) is 0 Å². The number of aryl methyl sites for hydroxylation is 1. The minimum atomic E-state index is 0.0926. The van der Waals surface area contributed by atoms with Gasteiger partial charge >= 0.3 is 0 Å². The summed E-state index contributed by atoms with van der Waals surface area (Å²) in [5.74, 6) is 0.813. The van der Waals surface area contributed by atoms with Crippen LogP contribution in [-0.4, -0.2) is 9.55 Å². The zero-order valence-electron chi connectivity index (χ0n) is 14.7. The highest BCUT2D eigenvalue weighted by atomic mass is 79.9. The number of anilines is 1. The first-order chi connectivity index (χ1) is 12.6. The van der Waals surface area contributed by atoms with Crippen molar-refractivity contribution < 1.29 is 0 Å². The van der Waals surface area contributed by atoms with Crippen molar-refractivity contribution in [3.63, 3.8) is 0 Å². The van der Waals surface area contributed by atoms with Crippen molar-refractivity contribution in [1.29, 1.82) is 0 Å². The molecule has 1 aromatic heterocycles. The third kappa shape index (κ3) is 2.41. The van der Waals surface area contributed by atoms with Gasteiger partial charge in [-0.15, -0.1) is 0 Å². The maximum Gasteiger partial charge on any atom is 0.263 e. The molecule has 3 aromatic rings. The van der Waals surface area contributed by atoms with Gasteiger partial charge in [-0.25, -0.2) is 4.98 Å². The van der Waals surface area contributed by atoms with Crippen LogP contribution >= 0.6 is 15.9 Å². The Morgan fingerprint density at radius 3 is 2.42 bits per heavy atom. The van der Waals surface area contributed by atoms with Crippen molar-refractivity contribution >= 4 is 32.8 Å². The van der Waals surface area contributed by atoms with Crippen LogP contribution in [0.3, 0.4) is 0 Å². The average Bonchev–Trinajstić information content (AvgIpc) is 3.00. The molecule has 2 heterocycles. The third-order valence-electron chi connectivity index (χ3n) is 5.65. The van der Waals surface area contributed by atoms with Crippen molar-refractivity contribution in [2.24, 2.45) is 0 Å². The van der Waals surface area contributed by atoms with Crippen LogP contribution in [0.4, 0.5) is 5.95 Å². The van der Waals surface area contributed by atoms with Crippen molar-refractivity contribution in [1.82, 2.24) is 9.55 Å². The van der Waals surface area contributed by atoms with Gasteiger partial charge in [0.25, 0.3) is 5.56 Å². The summed E-state index contributed by atoms with van der Waals surface area (Å²) in [5.41, 5.74) is 4.58. The largest absolute Gasteiger partial charge is 0.333 e.